The Hall–Kier alpha value is -0.650. The minimum atomic E-state index is -0.0563. The standard InChI is InChI=1S/C14H26N2O3/c1-2-15-13-10-19-9-12(13)14(18)16-7-4-3-5-11(16)6-8-17/h11-13,15,17H,2-10H2,1H3. The van der Waals surface area contributed by atoms with Crippen molar-refractivity contribution < 1.29 is 14.6 Å². The second-order valence-electron chi connectivity index (χ2n) is 5.50. The van der Waals surface area contributed by atoms with Gasteiger partial charge in [-0.15, -0.1) is 0 Å². The molecule has 2 aliphatic heterocycles. The van der Waals surface area contributed by atoms with Crippen LogP contribution in [0.3, 0.4) is 0 Å². The number of nitrogens with one attached hydrogen (secondary N) is 1. The summed E-state index contributed by atoms with van der Waals surface area (Å²) < 4.78 is 5.47. The second kappa shape index (κ2) is 7.22. The molecule has 2 N–H and O–H groups in total. The average molecular weight is 270 g/mol. The summed E-state index contributed by atoms with van der Waals surface area (Å²) in [7, 11) is 0. The summed E-state index contributed by atoms with van der Waals surface area (Å²) in [4.78, 5) is 14.7. The zero-order valence-electron chi connectivity index (χ0n) is 11.8. The normalized spacial score (nSPS) is 31.7. The van der Waals surface area contributed by atoms with Crippen molar-refractivity contribution in [3.8, 4) is 0 Å². The molecule has 110 valence electrons. The highest BCUT2D eigenvalue weighted by atomic mass is 16.5. The van der Waals surface area contributed by atoms with Gasteiger partial charge in [-0.25, -0.2) is 0 Å². The van der Waals surface area contributed by atoms with E-state index in [1.165, 1.54) is 0 Å². The maximum atomic E-state index is 12.7. The third-order valence-corrected chi connectivity index (χ3v) is 4.24. The van der Waals surface area contributed by atoms with Crippen molar-refractivity contribution in [3.05, 3.63) is 0 Å². The van der Waals surface area contributed by atoms with Crippen molar-refractivity contribution >= 4 is 5.91 Å². The molecule has 2 fully saturated rings. The number of rotatable bonds is 5. The quantitative estimate of drug-likeness (QED) is 0.758. The Balaban J connectivity index is 1.99. The first-order valence-corrected chi connectivity index (χ1v) is 7.50. The third kappa shape index (κ3) is 3.46. The molecule has 0 bridgehead atoms. The number of aliphatic hydroxyl groups excluding tert-OH is 1. The van der Waals surface area contributed by atoms with E-state index in [1.54, 1.807) is 0 Å². The van der Waals surface area contributed by atoms with Gasteiger partial charge in [-0.3, -0.25) is 4.79 Å². The number of piperidine rings is 1. The van der Waals surface area contributed by atoms with Crippen LogP contribution in [0.25, 0.3) is 0 Å². The van der Waals surface area contributed by atoms with Crippen LogP contribution in [0.2, 0.25) is 0 Å². The minimum Gasteiger partial charge on any atom is -0.396 e. The number of likely N-dealkylation sites (tertiary alicyclic amines) is 1. The molecule has 19 heavy (non-hydrogen) atoms. The van der Waals surface area contributed by atoms with Gasteiger partial charge in [-0.05, 0) is 32.2 Å². The molecular weight excluding hydrogens is 244 g/mol. The summed E-state index contributed by atoms with van der Waals surface area (Å²) in [6.07, 6.45) is 3.95. The summed E-state index contributed by atoms with van der Waals surface area (Å²) in [5.74, 6) is 0.154. The molecule has 3 atom stereocenters. The molecule has 2 aliphatic rings. The molecule has 0 saturated carbocycles. The van der Waals surface area contributed by atoms with Crippen molar-refractivity contribution in [2.24, 2.45) is 5.92 Å². The third-order valence-electron chi connectivity index (χ3n) is 4.24. The summed E-state index contributed by atoms with van der Waals surface area (Å²) >= 11 is 0. The van der Waals surface area contributed by atoms with Crippen LogP contribution in [-0.4, -0.2) is 60.9 Å². The molecule has 2 heterocycles. The van der Waals surface area contributed by atoms with Gasteiger partial charge in [0.15, 0.2) is 0 Å². The van der Waals surface area contributed by atoms with Crippen LogP contribution >= 0.6 is 0 Å². The molecule has 5 heteroatoms. The van der Waals surface area contributed by atoms with Gasteiger partial charge in [0.05, 0.1) is 19.1 Å². The Morgan fingerprint density at radius 2 is 2.26 bits per heavy atom. The predicted molar refractivity (Wildman–Crippen MR) is 72.8 cm³/mol. The number of nitrogens with zero attached hydrogens (tertiary/aromatic N) is 1. The number of amides is 1. The minimum absolute atomic E-state index is 0.0563. The van der Waals surface area contributed by atoms with Crippen molar-refractivity contribution in [2.75, 3.05) is 32.9 Å². The molecule has 5 nitrogen and oxygen atoms in total. The number of carbonyl (C=O) groups is 1. The van der Waals surface area contributed by atoms with Gasteiger partial charge in [0, 0.05) is 25.2 Å². The first-order valence-electron chi connectivity index (χ1n) is 7.50. The Bertz CT molecular complexity index is 296. The van der Waals surface area contributed by atoms with Crippen LogP contribution in [-0.2, 0) is 9.53 Å². The van der Waals surface area contributed by atoms with Gasteiger partial charge in [0.2, 0.25) is 5.91 Å². The van der Waals surface area contributed by atoms with Gasteiger partial charge >= 0.3 is 0 Å². The zero-order chi connectivity index (χ0) is 13.7. The lowest BCUT2D eigenvalue weighted by Gasteiger charge is -2.37. The van der Waals surface area contributed by atoms with Crippen molar-refractivity contribution in [1.29, 1.82) is 0 Å². The SMILES string of the molecule is CCNC1COCC1C(=O)N1CCCCC1CCO. The fourth-order valence-electron chi connectivity index (χ4n) is 3.21. The molecule has 0 aliphatic carbocycles. The number of hydrogen-bond donors (Lipinski definition) is 2. The van der Waals surface area contributed by atoms with E-state index in [0.717, 1.165) is 32.4 Å². The molecule has 0 radical (unpaired) electrons. The molecule has 0 aromatic rings. The van der Waals surface area contributed by atoms with Gasteiger partial charge in [-0.1, -0.05) is 6.92 Å². The Kier molecular flexibility index (Phi) is 5.60. The monoisotopic (exact) mass is 270 g/mol. The van der Waals surface area contributed by atoms with Crippen LogP contribution in [0.5, 0.6) is 0 Å². The molecule has 2 saturated heterocycles. The Morgan fingerprint density at radius 1 is 1.42 bits per heavy atom. The van der Waals surface area contributed by atoms with E-state index in [9.17, 15) is 4.79 Å². The maximum Gasteiger partial charge on any atom is 0.229 e. The lowest BCUT2D eigenvalue weighted by molar-refractivity contribution is -0.140. The topological polar surface area (TPSA) is 61.8 Å². The largest absolute Gasteiger partial charge is 0.396 e. The van der Waals surface area contributed by atoms with Crippen LogP contribution in [0, 0.1) is 5.92 Å². The molecular formula is C14H26N2O3. The van der Waals surface area contributed by atoms with E-state index in [1.807, 2.05) is 4.90 Å². The zero-order valence-corrected chi connectivity index (χ0v) is 11.8. The van der Waals surface area contributed by atoms with E-state index in [2.05, 4.69) is 12.2 Å². The number of ether oxygens (including phenoxy) is 1. The Morgan fingerprint density at radius 3 is 3.00 bits per heavy atom. The first kappa shape index (κ1) is 14.8. The van der Waals surface area contributed by atoms with Crippen molar-refractivity contribution in [1.82, 2.24) is 10.2 Å². The van der Waals surface area contributed by atoms with E-state index < -0.39 is 0 Å². The summed E-state index contributed by atoms with van der Waals surface area (Å²) in [5, 5.41) is 12.5. The first-order chi connectivity index (χ1) is 9.27. The number of hydrogen-bond acceptors (Lipinski definition) is 4. The van der Waals surface area contributed by atoms with Crippen LogP contribution < -0.4 is 5.32 Å². The van der Waals surface area contributed by atoms with Crippen LogP contribution in [0.1, 0.15) is 32.6 Å². The van der Waals surface area contributed by atoms with E-state index in [-0.39, 0.29) is 30.5 Å². The lowest BCUT2D eigenvalue weighted by atomic mass is 9.95. The molecule has 3 unspecified atom stereocenters. The highest BCUT2D eigenvalue weighted by molar-refractivity contribution is 5.80. The molecule has 0 spiro atoms. The predicted octanol–water partition coefficient (Wildman–Crippen LogP) is 0.374. The van der Waals surface area contributed by atoms with E-state index in [4.69, 9.17) is 9.84 Å². The second-order valence-corrected chi connectivity index (χ2v) is 5.50. The van der Waals surface area contributed by atoms with Crippen LogP contribution in [0.4, 0.5) is 0 Å². The fourth-order valence-corrected chi connectivity index (χ4v) is 3.21. The number of carbonyl (C=O) groups excluding carboxylic acids is 1. The van der Waals surface area contributed by atoms with Gasteiger partial charge < -0.3 is 20.1 Å². The van der Waals surface area contributed by atoms with Crippen molar-refractivity contribution in [2.45, 2.75) is 44.7 Å². The van der Waals surface area contributed by atoms with Crippen molar-refractivity contribution in [3.63, 3.8) is 0 Å². The highest BCUT2D eigenvalue weighted by Gasteiger charge is 2.38. The van der Waals surface area contributed by atoms with Gasteiger partial charge in [-0.2, -0.15) is 0 Å². The van der Waals surface area contributed by atoms with Crippen LogP contribution in [0.15, 0.2) is 0 Å². The number of likely N-dealkylation sites (N-methyl/N-ethyl adjacent to an activating group) is 1. The highest BCUT2D eigenvalue weighted by Crippen LogP contribution is 2.24. The summed E-state index contributed by atoms with van der Waals surface area (Å²) in [6, 6.07) is 0.364. The molecule has 2 rings (SSSR count). The maximum absolute atomic E-state index is 12.7. The summed E-state index contributed by atoms with van der Waals surface area (Å²) in [5.41, 5.74) is 0. The average Bonchev–Trinajstić information content (AvgIpc) is 2.88. The van der Waals surface area contributed by atoms with E-state index in [0.29, 0.717) is 19.6 Å². The lowest BCUT2D eigenvalue weighted by Crippen LogP contribution is -2.51. The fraction of sp³-hybridized carbons (Fsp3) is 0.929. The van der Waals surface area contributed by atoms with Gasteiger partial charge in [0.25, 0.3) is 0 Å². The van der Waals surface area contributed by atoms with E-state index >= 15 is 0 Å². The smallest absolute Gasteiger partial charge is 0.229 e. The Labute approximate surface area is 115 Å². The molecule has 0 aromatic heterocycles. The molecule has 0 aromatic carbocycles. The van der Waals surface area contributed by atoms with Gasteiger partial charge in [0.1, 0.15) is 0 Å². The summed E-state index contributed by atoms with van der Waals surface area (Å²) in [6.45, 7) is 5.06. The molecule has 1 amide bonds. The number of aliphatic hydroxyl groups is 1.